The Bertz CT molecular complexity index is 593. The van der Waals surface area contributed by atoms with Crippen LogP contribution in [-0.2, 0) is 23.4 Å². The zero-order chi connectivity index (χ0) is 28.7. The van der Waals surface area contributed by atoms with Gasteiger partial charge in [-0.3, -0.25) is 0 Å². The number of rotatable bonds is 27. The van der Waals surface area contributed by atoms with E-state index in [4.69, 9.17) is 14.0 Å². The Morgan fingerprint density at radius 1 is 0.816 bits per heavy atom. The second-order valence-corrected chi connectivity index (χ2v) is 13.4. The van der Waals surface area contributed by atoms with Gasteiger partial charge >= 0.3 is 19.3 Å². The van der Waals surface area contributed by atoms with Crippen molar-refractivity contribution in [1.29, 1.82) is 0 Å². The summed E-state index contributed by atoms with van der Waals surface area (Å²) in [7, 11) is -1.54. The van der Waals surface area contributed by atoms with Crippen LogP contribution in [0, 0.1) is 0 Å². The van der Waals surface area contributed by atoms with Crippen molar-refractivity contribution in [2.45, 2.75) is 167 Å². The topological polar surface area (TPSA) is 82.1 Å². The molecule has 0 heterocycles. The maximum absolute atomic E-state index is 12.8. The SMILES string of the molecule is CCCCCCCCCCSC(CCCCCCCCC)C(C)OC(C)C(O)(C(=O)OC)[P+](=O)OCCC. The highest BCUT2D eigenvalue weighted by Gasteiger charge is 2.64. The summed E-state index contributed by atoms with van der Waals surface area (Å²) in [6.07, 6.45) is 19.6. The second-order valence-electron chi connectivity index (χ2n) is 10.6. The van der Waals surface area contributed by atoms with Gasteiger partial charge in [0.2, 0.25) is 0 Å². The summed E-state index contributed by atoms with van der Waals surface area (Å²) in [5.74, 6) is 0.0949. The molecule has 1 N–H and O–H groups in total. The maximum atomic E-state index is 12.8. The molecule has 5 unspecified atom stereocenters. The number of hydrogen-bond acceptors (Lipinski definition) is 7. The van der Waals surface area contributed by atoms with Crippen molar-refractivity contribution in [2.24, 2.45) is 0 Å². The first-order chi connectivity index (χ1) is 18.3. The Kier molecular flexibility index (Phi) is 24.5. The van der Waals surface area contributed by atoms with E-state index in [0.29, 0.717) is 6.42 Å². The van der Waals surface area contributed by atoms with Gasteiger partial charge in [-0.2, -0.15) is 11.8 Å². The molecule has 0 fully saturated rings. The molecule has 0 aromatic heterocycles. The Balaban J connectivity index is 4.99. The molecule has 0 aliphatic heterocycles. The summed E-state index contributed by atoms with van der Waals surface area (Å²) in [6, 6.07) is 0. The monoisotopic (exact) mass is 579 g/mol. The van der Waals surface area contributed by atoms with Crippen molar-refractivity contribution in [3.8, 4) is 0 Å². The lowest BCUT2D eigenvalue weighted by molar-refractivity contribution is -0.168. The van der Waals surface area contributed by atoms with Gasteiger partial charge < -0.3 is 14.6 Å². The number of unbranched alkanes of at least 4 members (excludes halogenated alkanes) is 13. The first kappa shape index (κ1) is 37.8. The summed E-state index contributed by atoms with van der Waals surface area (Å²) < 4.78 is 29.1. The largest absolute Gasteiger partial charge is 0.559 e. The Labute approximate surface area is 240 Å². The lowest BCUT2D eigenvalue weighted by Crippen LogP contribution is -2.49. The zero-order valence-electron chi connectivity index (χ0n) is 25.5. The summed E-state index contributed by atoms with van der Waals surface area (Å²) in [5.41, 5.74) is 0. The van der Waals surface area contributed by atoms with Gasteiger partial charge in [-0.05, 0) is 43.4 Å². The summed E-state index contributed by atoms with van der Waals surface area (Å²) in [5, 5.41) is 9.04. The molecule has 5 atom stereocenters. The summed E-state index contributed by atoms with van der Waals surface area (Å²) in [6.45, 7) is 10.1. The van der Waals surface area contributed by atoms with Crippen molar-refractivity contribution in [2.75, 3.05) is 19.5 Å². The van der Waals surface area contributed by atoms with Crippen LogP contribution in [0.1, 0.15) is 144 Å². The quantitative estimate of drug-likeness (QED) is 0.0590. The minimum absolute atomic E-state index is 0.187. The van der Waals surface area contributed by atoms with E-state index < -0.39 is 25.4 Å². The maximum Gasteiger partial charge on any atom is 0.559 e. The number of carbonyl (C=O) groups is 1. The standard InChI is InChI=1S/C30H60O6PS/c1-7-10-12-14-16-18-20-22-25-38-28(23-21-19-17-15-13-11-8-2)26(4)36-27(5)30(32,29(31)34-6)37(33)35-24-9-3/h26-28,32H,7-25H2,1-6H3/q+1. The average molecular weight is 580 g/mol. The molecule has 0 bridgehead atoms. The fraction of sp³-hybridized carbons (Fsp3) is 0.967. The Morgan fingerprint density at radius 3 is 1.82 bits per heavy atom. The highest BCUT2D eigenvalue weighted by molar-refractivity contribution is 7.99. The smallest absolute Gasteiger partial charge is 0.463 e. The number of carbonyl (C=O) groups excluding carboxylic acids is 1. The van der Waals surface area contributed by atoms with Crippen LogP contribution < -0.4 is 0 Å². The normalized spacial score (nSPS) is 16.0. The molecule has 0 amide bonds. The summed E-state index contributed by atoms with van der Waals surface area (Å²) in [4.78, 5) is 12.5. The van der Waals surface area contributed by atoms with Crippen LogP contribution in [0.4, 0.5) is 0 Å². The third kappa shape index (κ3) is 16.2. The van der Waals surface area contributed by atoms with Crippen molar-refractivity contribution < 1.29 is 28.5 Å². The van der Waals surface area contributed by atoms with Gasteiger partial charge in [0, 0.05) is 5.25 Å². The van der Waals surface area contributed by atoms with Crippen LogP contribution in [0.5, 0.6) is 0 Å². The van der Waals surface area contributed by atoms with E-state index in [0.717, 1.165) is 18.6 Å². The van der Waals surface area contributed by atoms with E-state index in [1.807, 2.05) is 25.6 Å². The minimum atomic E-state index is -2.71. The average Bonchev–Trinajstić information content (AvgIpc) is 2.92. The number of methoxy groups -OCH3 is 1. The predicted molar refractivity (Wildman–Crippen MR) is 162 cm³/mol. The van der Waals surface area contributed by atoms with Gasteiger partial charge in [-0.25, -0.2) is 4.79 Å². The van der Waals surface area contributed by atoms with Gasteiger partial charge in [0.25, 0.3) is 0 Å². The molecule has 0 rings (SSSR count). The minimum Gasteiger partial charge on any atom is -0.463 e. The summed E-state index contributed by atoms with van der Waals surface area (Å²) >= 11 is 1.94. The fourth-order valence-corrected chi connectivity index (χ4v) is 7.03. The van der Waals surface area contributed by atoms with Gasteiger partial charge in [-0.1, -0.05) is 111 Å². The second kappa shape index (κ2) is 24.6. The third-order valence-corrected chi connectivity index (χ3v) is 10.2. The molecule has 0 aliphatic rings. The molecule has 0 aromatic carbocycles. The first-order valence-electron chi connectivity index (χ1n) is 15.5. The van der Waals surface area contributed by atoms with E-state index in [-0.39, 0.29) is 18.0 Å². The van der Waals surface area contributed by atoms with Crippen LogP contribution in [0.2, 0.25) is 0 Å². The molecule has 0 saturated heterocycles. The van der Waals surface area contributed by atoms with E-state index in [9.17, 15) is 14.5 Å². The number of esters is 1. The van der Waals surface area contributed by atoms with Crippen LogP contribution in [-0.4, -0.2) is 53.3 Å². The predicted octanol–water partition coefficient (Wildman–Crippen LogP) is 9.19. The van der Waals surface area contributed by atoms with Crippen LogP contribution in [0.3, 0.4) is 0 Å². The van der Waals surface area contributed by atoms with Crippen molar-refractivity contribution in [3.05, 3.63) is 0 Å². The van der Waals surface area contributed by atoms with E-state index in [2.05, 4.69) is 13.8 Å². The van der Waals surface area contributed by atoms with Crippen LogP contribution in [0.25, 0.3) is 0 Å². The molecule has 0 aliphatic carbocycles. The van der Waals surface area contributed by atoms with Gasteiger partial charge in [0.15, 0.2) is 0 Å². The molecule has 0 aromatic rings. The number of hydrogen-bond donors (Lipinski definition) is 1. The molecule has 0 saturated carbocycles. The Hall–Kier alpha value is -0.200. The van der Waals surface area contributed by atoms with Gasteiger partial charge in [0.05, 0.1) is 13.2 Å². The molecule has 38 heavy (non-hydrogen) atoms. The molecular formula is C30H60O6PS+. The molecule has 8 heteroatoms. The number of thioether (sulfide) groups is 1. The highest BCUT2D eigenvalue weighted by Crippen LogP contribution is 2.43. The van der Waals surface area contributed by atoms with E-state index in [1.165, 1.54) is 97.0 Å². The number of ether oxygens (including phenoxy) is 2. The molecule has 0 spiro atoms. The molecule has 226 valence electrons. The van der Waals surface area contributed by atoms with Crippen LogP contribution >= 0.6 is 19.8 Å². The van der Waals surface area contributed by atoms with Gasteiger partial charge in [-0.15, -0.1) is 4.52 Å². The lowest BCUT2D eigenvalue weighted by Gasteiger charge is -2.29. The van der Waals surface area contributed by atoms with Crippen molar-refractivity contribution in [3.63, 3.8) is 0 Å². The molecule has 0 radical (unpaired) electrons. The number of aliphatic hydroxyl groups is 1. The first-order valence-corrected chi connectivity index (χ1v) is 17.7. The molecule has 6 nitrogen and oxygen atoms in total. The van der Waals surface area contributed by atoms with Crippen LogP contribution in [0.15, 0.2) is 0 Å². The van der Waals surface area contributed by atoms with E-state index >= 15 is 0 Å². The third-order valence-electron chi connectivity index (χ3n) is 7.11. The van der Waals surface area contributed by atoms with Crippen molar-refractivity contribution in [1.82, 2.24) is 0 Å². The van der Waals surface area contributed by atoms with Crippen molar-refractivity contribution >= 4 is 25.8 Å². The zero-order valence-corrected chi connectivity index (χ0v) is 27.2. The highest BCUT2D eigenvalue weighted by atomic mass is 32.2. The Morgan fingerprint density at radius 2 is 1.32 bits per heavy atom. The lowest BCUT2D eigenvalue weighted by atomic mass is 10.1. The fourth-order valence-electron chi connectivity index (χ4n) is 4.54. The van der Waals surface area contributed by atoms with E-state index in [1.54, 1.807) is 6.92 Å². The van der Waals surface area contributed by atoms with Gasteiger partial charge in [0.1, 0.15) is 12.7 Å². The molecular weight excluding hydrogens is 519 g/mol.